The van der Waals surface area contributed by atoms with Crippen molar-refractivity contribution in [3.8, 4) is 5.75 Å². The summed E-state index contributed by atoms with van der Waals surface area (Å²) in [7, 11) is 0. The number of aromatic nitrogens is 2. The molecule has 0 fully saturated rings. The molecule has 0 saturated heterocycles. The van der Waals surface area contributed by atoms with Crippen molar-refractivity contribution in [3.05, 3.63) is 90.8 Å². The van der Waals surface area contributed by atoms with Gasteiger partial charge in [0, 0.05) is 24.5 Å². The molecule has 1 amide bonds. The number of benzene rings is 2. The molecule has 27 heavy (non-hydrogen) atoms. The number of hydrogen-bond donors (Lipinski definition) is 1. The lowest BCUT2D eigenvalue weighted by Gasteiger charge is -2.13. The molecule has 2 aromatic carbocycles. The Morgan fingerprint density at radius 2 is 1.96 bits per heavy atom. The molecule has 0 radical (unpaired) electrons. The van der Waals surface area contributed by atoms with Crippen molar-refractivity contribution in [3.63, 3.8) is 0 Å². The number of carbonyl (C=O) groups excluding carboxylic acids is 1. The molecule has 138 valence electrons. The van der Waals surface area contributed by atoms with Crippen LogP contribution in [0.3, 0.4) is 0 Å². The summed E-state index contributed by atoms with van der Waals surface area (Å²) in [6.07, 6.45) is 5.74. The van der Waals surface area contributed by atoms with E-state index in [1.807, 2.05) is 18.2 Å². The van der Waals surface area contributed by atoms with E-state index in [0.717, 1.165) is 11.1 Å². The second-order valence-corrected chi connectivity index (χ2v) is 5.93. The summed E-state index contributed by atoms with van der Waals surface area (Å²) in [5.41, 5.74) is 2.45. The number of para-hydroxylation sites is 1. The Morgan fingerprint density at radius 1 is 1.19 bits per heavy atom. The van der Waals surface area contributed by atoms with Crippen LogP contribution in [0.15, 0.2) is 73.8 Å². The Morgan fingerprint density at radius 3 is 2.70 bits per heavy atom. The smallest absolute Gasteiger partial charge is 0.257 e. The highest BCUT2D eigenvalue weighted by Gasteiger charge is 2.10. The summed E-state index contributed by atoms with van der Waals surface area (Å²) in [4.78, 5) is 16.0. The van der Waals surface area contributed by atoms with Crippen molar-refractivity contribution >= 4 is 11.6 Å². The van der Waals surface area contributed by atoms with Gasteiger partial charge in [-0.2, -0.15) is 0 Å². The number of carbonyl (C=O) groups is 1. The van der Waals surface area contributed by atoms with Gasteiger partial charge < -0.3 is 14.6 Å². The van der Waals surface area contributed by atoms with E-state index in [4.69, 9.17) is 4.74 Å². The minimum atomic E-state index is -0.271. The number of amides is 1. The number of hydrogen-bond acceptors (Lipinski definition) is 3. The fourth-order valence-electron chi connectivity index (χ4n) is 2.58. The van der Waals surface area contributed by atoms with Gasteiger partial charge in [-0.15, -0.1) is 0 Å². The number of halogens is 1. The molecule has 3 aromatic rings. The zero-order chi connectivity index (χ0) is 19.1. The van der Waals surface area contributed by atoms with E-state index in [1.165, 1.54) is 12.1 Å². The van der Waals surface area contributed by atoms with Gasteiger partial charge in [-0.1, -0.05) is 30.8 Å². The van der Waals surface area contributed by atoms with Crippen LogP contribution < -0.4 is 10.1 Å². The van der Waals surface area contributed by atoms with Gasteiger partial charge in [0.1, 0.15) is 11.6 Å². The van der Waals surface area contributed by atoms with Crippen molar-refractivity contribution in [2.75, 3.05) is 13.2 Å². The van der Waals surface area contributed by atoms with Crippen LogP contribution in [-0.2, 0) is 11.2 Å². The van der Waals surface area contributed by atoms with Crippen LogP contribution in [0.2, 0.25) is 0 Å². The van der Waals surface area contributed by atoms with Crippen molar-refractivity contribution in [2.24, 2.45) is 0 Å². The molecule has 1 aromatic heterocycles. The van der Waals surface area contributed by atoms with E-state index in [0.29, 0.717) is 24.4 Å². The highest BCUT2D eigenvalue weighted by molar-refractivity contribution is 5.78. The monoisotopic (exact) mass is 365 g/mol. The molecule has 5 nitrogen and oxygen atoms in total. The number of rotatable bonds is 8. The van der Waals surface area contributed by atoms with E-state index >= 15 is 0 Å². The molecule has 6 heteroatoms. The average molecular weight is 365 g/mol. The molecule has 0 saturated carbocycles. The molecule has 0 bridgehead atoms. The van der Waals surface area contributed by atoms with Gasteiger partial charge in [0.15, 0.2) is 6.61 Å². The van der Waals surface area contributed by atoms with Crippen molar-refractivity contribution < 1.29 is 13.9 Å². The third kappa shape index (κ3) is 5.04. The standard InChI is InChI=1S/C21H20FN3O2/c1-16(25-13-12-23-15-25)19-4-2-3-5-20(19)27-14-21(26)24-11-10-17-6-8-18(22)9-7-17/h2-9,12-13,15H,1,10-11,14H2,(H,24,26). The minimum Gasteiger partial charge on any atom is -0.483 e. The van der Waals surface area contributed by atoms with Crippen LogP contribution in [0.25, 0.3) is 5.70 Å². The first-order chi connectivity index (χ1) is 13.1. The van der Waals surface area contributed by atoms with Crippen LogP contribution in [0.5, 0.6) is 5.75 Å². The van der Waals surface area contributed by atoms with E-state index in [2.05, 4.69) is 16.9 Å². The van der Waals surface area contributed by atoms with Crippen LogP contribution in [0, 0.1) is 5.82 Å². The molecule has 0 aliphatic carbocycles. The molecule has 1 heterocycles. The van der Waals surface area contributed by atoms with Crippen LogP contribution in [-0.4, -0.2) is 28.6 Å². The Kier molecular flexibility index (Phi) is 5.99. The number of imidazole rings is 1. The number of nitrogens with zero attached hydrogens (tertiary/aromatic N) is 2. The molecule has 0 unspecified atom stereocenters. The van der Waals surface area contributed by atoms with Gasteiger partial charge in [0.2, 0.25) is 0 Å². The van der Waals surface area contributed by atoms with E-state index in [9.17, 15) is 9.18 Å². The number of ether oxygens (including phenoxy) is 1. The summed E-state index contributed by atoms with van der Waals surface area (Å²) < 4.78 is 20.3. The van der Waals surface area contributed by atoms with Crippen molar-refractivity contribution in [1.82, 2.24) is 14.9 Å². The normalized spacial score (nSPS) is 10.4. The van der Waals surface area contributed by atoms with E-state index in [1.54, 1.807) is 41.5 Å². The molecule has 1 N–H and O–H groups in total. The van der Waals surface area contributed by atoms with E-state index in [-0.39, 0.29) is 18.3 Å². The topological polar surface area (TPSA) is 56.1 Å². The average Bonchev–Trinajstić information content (AvgIpc) is 3.22. The molecule has 0 atom stereocenters. The quantitative estimate of drug-likeness (QED) is 0.667. The summed E-state index contributed by atoms with van der Waals surface area (Å²) >= 11 is 0. The third-order valence-electron chi connectivity index (χ3n) is 4.02. The Hall–Kier alpha value is -3.41. The van der Waals surface area contributed by atoms with Crippen molar-refractivity contribution in [1.29, 1.82) is 0 Å². The Bertz CT molecular complexity index is 905. The second kappa shape index (κ2) is 8.80. The summed E-state index contributed by atoms with van der Waals surface area (Å²) in [5.74, 6) is 0.0807. The zero-order valence-corrected chi connectivity index (χ0v) is 14.8. The SMILES string of the molecule is C=C(c1ccccc1OCC(=O)NCCc1ccc(F)cc1)n1ccnc1. The number of nitrogens with one attached hydrogen (secondary N) is 1. The van der Waals surface area contributed by atoms with Crippen molar-refractivity contribution in [2.45, 2.75) is 6.42 Å². The fraction of sp³-hybridized carbons (Fsp3) is 0.143. The molecule has 0 aliphatic rings. The lowest BCUT2D eigenvalue weighted by Crippen LogP contribution is -2.30. The lowest BCUT2D eigenvalue weighted by molar-refractivity contribution is -0.123. The third-order valence-corrected chi connectivity index (χ3v) is 4.02. The highest BCUT2D eigenvalue weighted by Crippen LogP contribution is 2.25. The maximum atomic E-state index is 12.9. The lowest BCUT2D eigenvalue weighted by atomic mass is 10.1. The molecule has 3 rings (SSSR count). The maximum Gasteiger partial charge on any atom is 0.257 e. The van der Waals surface area contributed by atoms with Crippen LogP contribution in [0.1, 0.15) is 11.1 Å². The fourth-order valence-corrected chi connectivity index (χ4v) is 2.58. The molecular weight excluding hydrogens is 345 g/mol. The summed E-state index contributed by atoms with van der Waals surface area (Å²) in [5, 5.41) is 2.80. The first-order valence-electron chi connectivity index (χ1n) is 8.54. The maximum absolute atomic E-state index is 12.9. The van der Waals surface area contributed by atoms with Gasteiger partial charge in [0.05, 0.1) is 12.0 Å². The zero-order valence-electron chi connectivity index (χ0n) is 14.8. The largest absolute Gasteiger partial charge is 0.483 e. The first-order valence-corrected chi connectivity index (χ1v) is 8.54. The van der Waals surface area contributed by atoms with Gasteiger partial charge in [-0.25, -0.2) is 9.37 Å². The van der Waals surface area contributed by atoms with Gasteiger partial charge in [0.25, 0.3) is 5.91 Å². The minimum absolute atomic E-state index is 0.0996. The Labute approximate surface area is 157 Å². The summed E-state index contributed by atoms with van der Waals surface area (Å²) in [6, 6.07) is 13.6. The van der Waals surface area contributed by atoms with E-state index < -0.39 is 0 Å². The summed E-state index contributed by atoms with van der Waals surface area (Å²) in [6.45, 7) is 4.42. The predicted octanol–water partition coefficient (Wildman–Crippen LogP) is 3.28. The second-order valence-electron chi connectivity index (χ2n) is 5.93. The first kappa shape index (κ1) is 18.4. The highest BCUT2D eigenvalue weighted by atomic mass is 19.1. The van der Waals surface area contributed by atoms with Crippen LogP contribution in [0.4, 0.5) is 4.39 Å². The van der Waals surface area contributed by atoms with Gasteiger partial charge in [-0.05, 0) is 36.2 Å². The van der Waals surface area contributed by atoms with Crippen LogP contribution >= 0.6 is 0 Å². The Balaban J connectivity index is 1.51. The predicted molar refractivity (Wildman–Crippen MR) is 102 cm³/mol. The molecular formula is C21H20FN3O2. The van der Waals surface area contributed by atoms with Gasteiger partial charge >= 0.3 is 0 Å². The molecule has 0 aliphatic heterocycles. The molecule has 0 spiro atoms. The van der Waals surface area contributed by atoms with Gasteiger partial charge in [-0.3, -0.25) is 4.79 Å².